The quantitative estimate of drug-likeness (QED) is 0.484. The van der Waals surface area contributed by atoms with Crippen LogP contribution >= 0.6 is 0 Å². The molecule has 6 nitrogen and oxygen atoms in total. The van der Waals surface area contributed by atoms with E-state index in [1.165, 1.54) is 7.11 Å². The van der Waals surface area contributed by atoms with Crippen molar-refractivity contribution >= 4 is 11.9 Å². The monoisotopic (exact) mass is 337 g/mol. The van der Waals surface area contributed by atoms with E-state index in [-0.39, 0.29) is 17.8 Å². The summed E-state index contributed by atoms with van der Waals surface area (Å²) >= 11 is 0. The summed E-state index contributed by atoms with van der Waals surface area (Å²) in [6, 6.07) is 6.93. The van der Waals surface area contributed by atoms with Crippen molar-refractivity contribution in [3.8, 4) is 5.75 Å². The largest absolute Gasteiger partial charge is 0.497 e. The molecule has 0 saturated heterocycles. The molecule has 1 aromatic rings. The van der Waals surface area contributed by atoms with Crippen LogP contribution in [0.2, 0.25) is 0 Å². The molecule has 1 unspecified atom stereocenters. The molecule has 24 heavy (non-hydrogen) atoms. The number of esters is 1. The van der Waals surface area contributed by atoms with Crippen LogP contribution in [0.3, 0.4) is 0 Å². The number of nitrogens with zero attached hydrogens (tertiary/aromatic N) is 1. The fourth-order valence-corrected chi connectivity index (χ4v) is 2.30. The van der Waals surface area contributed by atoms with Crippen LogP contribution in [0.4, 0.5) is 0 Å². The molecule has 0 fully saturated rings. The van der Waals surface area contributed by atoms with Crippen LogP contribution in [0.15, 0.2) is 24.3 Å². The van der Waals surface area contributed by atoms with Crippen LogP contribution in [0.1, 0.15) is 30.6 Å². The summed E-state index contributed by atoms with van der Waals surface area (Å²) in [4.78, 5) is 26.1. The van der Waals surface area contributed by atoms with Crippen molar-refractivity contribution in [1.82, 2.24) is 4.90 Å². The van der Waals surface area contributed by atoms with Gasteiger partial charge in [0.05, 0.1) is 20.1 Å². The van der Waals surface area contributed by atoms with Gasteiger partial charge in [-0.3, -0.25) is 9.59 Å². The Labute approximate surface area is 143 Å². The lowest BCUT2D eigenvalue weighted by molar-refractivity contribution is -0.145. The normalized spacial score (nSPS) is 11.7. The summed E-state index contributed by atoms with van der Waals surface area (Å²) in [5, 5.41) is 0. The van der Waals surface area contributed by atoms with Gasteiger partial charge >= 0.3 is 5.97 Å². The minimum absolute atomic E-state index is 0.120. The van der Waals surface area contributed by atoms with Gasteiger partial charge in [0.15, 0.2) is 0 Å². The highest BCUT2D eigenvalue weighted by Gasteiger charge is 2.22. The molecule has 0 heterocycles. The number of benzene rings is 1. The fraction of sp³-hybridized carbons (Fsp3) is 0.556. The fourth-order valence-electron chi connectivity index (χ4n) is 2.30. The van der Waals surface area contributed by atoms with E-state index < -0.39 is 0 Å². The molecular weight excluding hydrogens is 310 g/mol. The zero-order chi connectivity index (χ0) is 17.9. The van der Waals surface area contributed by atoms with Crippen LogP contribution in [0, 0.1) is 5.92 Å². The first-order valence-corrected chi connectivity index (χ1v) is 8.12. The van der Waals surface area contributed by atoms with E-state index in [2.05, 4.69) is 0 Å². The summed E-state index contributed by atoms with van der Waals surface area (Å²) < 4.78 is 15.2. The summed E-state index contributed by atoms with van der Waals surface area (Å²) in [5.74, 6) is -0.140. The predicted octanol–water partition coefficient (Wildman–Crippen LogP) is 2.37. The van der Waals surface area contributed by atoms with E-state index in [0.29, 0.717) is 44.0 Å². The van der Waals surface area contributed by atoms with Crippen molar-refractivity contribution in [3.05, 3.63) is 29.8 Å². The third kappa shape index (κ3) is 6.20. The molecule has 134 valence electrons. The molecule has 0 aliphatic carbocycles. The molecule has 1 amide bonds. The van der Waals surface area contributed by atoms with Crippen molar-refractivity contribution in [3.63, 3.8) is 0 Å². The van der Waals surface area contributed by atoms with Crippen molar-refractivity contribution in [1.29, 1.82) is 0 Å². The Balaban J connectivity index is 2.80. The highest BCUT2D eigenvalue weighted by Crippen LogP contribution is 2.14. The maximum Gasteiger partial charge on any atom is 0.310 e. The molecular formula is C18H27NO5. The van der Waals surface area contributed by atoms with Crippen LogP contribution in [-0.4, -0.2) is 57.3 Å². The Bertz CT molecular complexity index is 515. The maximum absolute atomic E-state index is 12.7. The van der Waals surface area contributed by atoms with Crippen LogP contribution in [0.25, 0.3) is 0 Å². The smallest absolute Gasteiger partial charge is 0.310 e. The van der Waals surface area contributed by atoms with Crippen LogP contribution < -0.4 is 4.74 Å². The molecule has 6 heteroatoms. The molecule has 0 saturated carbocycles. The third-order valence-electron chi connectivity index (χ3n) is 3.64. The van der Waals surface area contributed by atoms with Gasteiger partial charge in [-0.15, -0.1) is 0 Å². The summed E-state index contributed by atoms with van der Waals surface area (Å²) in [5.41, 5.74) is 0.560. The Hall–Kier alpha value is -2.08. The molecule has 0 spiro atoms. The lowest BCUT2D eigenvalue weighted by Gasteiger charge is -2.25. The molecule has 1 aromatic carbocycles. The Kier molecular flexibility index (Phi) is 8.86. The zero-order valence-electron chi connectivity index (χ0n) is 14.9. The minimum atomic E-state index is -0.385. The summed E-state index contributed by atoms with van der Waals surface area (Å²) in [6.07, 6.45) is 0.712. The number of methoxy groups -OCH3 is 2. The Morgan fingerprint density at radius 2 is 1.83 bits per heavy atom. The summed E-state index contributed by atoms with van der Waals surface area (Å²) in [6.45, 7) is 5.73. The van der Waals surface area contributed by atoms with E-state index in [9.17, 15) is 9.59 Å². The predicted molar refractivity (Wildman–Crippen MR) is 91.2 cm³/mol. The van der Waals surface area contributed by atoms with Gasteiger partial charge in [0.1, 0.15) is 5.75 Å². The first-order valence-electron chi connectivity index (χ1n) is 8.12. The molecule has 0 aliphatic heterocycles. The number of rotatable bonds is 10. The molecule has 0 aromatic heterocycles. The maximum atomic E-state index is 12.7. The van der Waals surface area contributed by atoms with Gasteiger partial charge in [0.2, 0.25) is 0 Å². The van der Waals surface area contributed by atoms with Gasteiger partial charge < -0.3 is 19.1 Å². The van der Waals surface area contributed by atoms with Crippen molar-refractivity contribution in [2.75, 3.05) is 40.5 Å². The van der Waals surface area contributed by atoms with Gasteiger partial charge in [0, 0.05) is 31.9 Å². The minimum Gasteiger partial charge on any atom is -0.497 e. The third-order valence-corrected chi connectivity index (χ3v) is 3.64. The molecule has 0 bridgehead atoms. The highest BCUT2D eigenvalue weighted by molar-refractivity contribution is 5.94. The van der Waals surface area contributed by atoms with Gasteiger partial charge in [-0.2, -0.15) is 0 Å². The van der Waals surface area contributed by atoms with Gasteiger partial charge in [-0.05, 0) is 37.6 Å². The van der Waals surface area contributed by atoms with Gasteiger partial charge in [-0.25, -0.2) is 0 Å². The number of hydrogen-bond donors (Lipinski definition) is 0. The number of hydrogen-bond acceptors (Lipinski definition) is 5. The number of amides is 1. The van der Waals surface area contributed by atoms with E-state index in [4.69, 9.17) is 14.2 Å². The van der Waals surface area contributed by atoms with Crippen molar-refractivity contribution in [2.45, 2.75) is 20.3 Å². The Morgan fingerprint density at radius 3 is 2.38 bits per heavy atom. The number of ether oxygens (including phenoxy) is 3. The van der Waals surface area contributed by atoms with Crippen molar-refractivity contribution < 1.29 is 23.8 Å². The average Bonchev–Trinajstić information content (AvgIpc) is 2.62. The molecule has 1 atom stereocenters. The standard InChI is InChI=1S/C18H27NO5/c1-5-24-12-6-11-19(13-14(2)18(21)23-4)17(20)15-7-9-16(22-3)10-8-15/h7-10,14H,5-6,11-13H2,1-4H3. The first-order chi connectivity index (χ1) is 11.5. The van der Waals surface area contributed by atoms with E-state index >= 15 is 0 Å². The number of carbonyl (C=O) groups is 2. The highest BCUT2D eigenvalue weighted by atomic mass is 16.5. The van der Waals surface area contributed by atoms with Crippen LogP contribution in [-0.2, 0) is 14.3 Å². The van der Waals surface area contributed by atoms with Crippen molar-refractivity contribution in [2.24, 2.45) is 5.92 Å². The Morgan fingerprint density at radius 1 is 1.17 bits per heavy atom. The number of carbonyl (C=O) groups excluding carboxylic acids is 2. The summed E-state index contributed by atoms with van der Waals surface area (Å²) in [7, 11) is 2.93. The van der Waals surface area contributed by atoms with E-state index in [1.807, 2.05) is 6.92 Å². The average molecular weight is 337 g/mol. The molecule has 0 radical (unpaired) electrons. The second-order valence-electron chi connectivity index (χ2n) is 5.45. The molecule has 0 aliphatic rings. The van der Waals surface area contributed by atoms with Gasteiger partial charge in [0.25, 0.3) is 5.91 Å². The molecule has 1 rings (SSSR count). The van der Waals surface area contributed by atoms with E-state index in [0.717, 1.165) is 0 Å². The second-order valence-corrected chi connectivity index (χ2v) is 5.45. The van der Waals surface area contributed by atoms with Gasteiger partial charge in [-0.1, -0.05) is 6.92 Å². The lowest BCUT2D eigenvalue weighted by Crippen LogP contribution is -2.38. The lowest BCUT2D eigenvalue weighted by atomic mass is 10.1. The van der Waals surface area contributed by atoms with E-state index in [1.54, 1.807) is 43.2 Å². The first kappa shape index (κ1) is 20.0. The van der Waals surface area contributed by atoms with Crippen LogP contribution in [0.5, 0.6) is 5.75 Å². The molecule has 0 N–H and O–H groups in total. The second kappa shape index (κ2) is 10.6. The SMILES string of the molecule is CCOCCCN(CC(C)C(=O)OC)C(=O)c1ccc(OC)cc1. The zero-order valence-corrected chi connectivity index (χ0v) is 14.9. The topological polar surface area (TPSA) is 65.1 Å².